The highest BCUT2D eigenvalue weighted by molar-refractivity contribution is 5.94. The lowest BCUT2D eigenvalue weighted by Gasteiger charge is -2.45. The van der Waals surface area contributed by atoms with Gasteiger partial charge in [-0.1, -0.05) is 18.2 Å². The van der Waals surface area contributed by atoms with Gasteiger partial charge in [-0.2, -0.15) is 0 Å². The Morgan fingerprint density at radius 3 is 2.34 bits per heavy atom. The van der Waals surface area contributed by atoms with Crippen LogP contribution in [-0.4, -0.2) is 106 Å². The number of nitrogens with one attached hydrogen (secondary N) is 1. The van der Waals surface area contributed by atoms with Gasteiger partial charge in [0.05, 0.1) is 25.4 Å². The normalized spacial score (nSPS) is 33.5. The highest BCUT2D eigenvalue weighted by atomic mass is 16.7. The third-order valence-corrected chi connectivity index (χ3v) is 6.61. The average Bonchev–Trinajstić information content (AvgIpc) is 2.93. The lowest BCUT2D eigenvalue weighted by atomic mass is 9.90. The second-order valence-corrected chi connectivity index (χ2v) is 9.24. The van der Waals surface area contributed by atoms with E-state index in [1.807, 2.05) is 0 Å². The SMILES string of the molecule is CNC(=O)c1cccc(Oc2cccc(C3OC(CO)C(O)C(OC4OC(CO)CC(O)C4O)C3O)c2)c1. The zero-order valence-corrected chi connectivity index (χ0v) is 20.7. The Morgan fingerprint density at radius 1 is 0.947 bits per heavy atom. The van der Waals surface area contributed by atoms with Crippen LogP contribution in [0.3, 0.4) is 0 Å². The number of carbonyl (C=O) groups excluding carboxylic acids is 1. The Kier molecular flexibility index (Phi) is 9.31. The van der Waals surface area contributed by atoms with Crippen molar-refractivity contribution in [1.82, 2.24) is 5.32 Å². The number of benzene rings is 2. The molecular weight excluding hydrogens is 502 g/mol. The fourth-order valence-electron chi connectivity index (χ4n) is 4.56. The number of rotatable bonds is 8. The summed E-state index contributed by atoms with van der Waals surface area (Å²) in [4.78, 5) is 11.9. The molecule has 38 heavy (non-hydrogen) atoms. The number of aliphatic hydroxyl groups is 6. The van der Waals surface area contributed by atoms with Gasteiger partial charge in [-0.3, -0.25) is 4.79 Å². The standard InChI is InChI=1S/C26H33NO11/c1-27-25(34)14-5-3-7-16(9-14)35-15-6-2-4-13(8-15)23-22(33)24(21(32)19(12-29)37-23)38-26-20(31)18(30)10-17(11-28)36-26/h2-9,17-24,26,28-33H,10-12H2,1H3,(H,27,34). The molecule has 12 heteroatoms. The van der Waals surface area contributed by atoms with E-state index in [-0.39, 0.29) is 12.3 Å². The maximum atomic E-state index is 11.9. The fraction of sp³-hybridized carbons (Fsp3) is 0.500. The molecule has 0 spiro atoms. The number of carbonyl (C=O) groups is 1. The first-order valence-corrected chi connectivity index (χ1v) is 12.3. The molecule has 7 N–H and O–H groups in total. The van der Waals surface area contributed by atoms with E-state index in [1.54, 1.807) is 48.5 Å². The van der Waals surface area contributed by atoms with E-state index in [1.165, 1.54) is 7.05 Å². The Hall–Kier alpha value is -2.65. The highest BCUT2D eigenvalue weighted by Gasteiger charge is 2.49. The minimum atomic E-state index is -1.50. The zero-order valence-electron chi connectivity index (χ0n) is 20.7. The van der Waals surface area contributed by atoms with Gasteiger partial charge in [0.15, 0.2) is 6.29 Å². The fourth-order valence-corrected chi connectivity index (χ4v) is 4.56. The van der Waals surface area contributed by atoms with Crippen LogP contribution in [-0.2, 0) is 14.2 Å². The predicted molar refractivity (Wildman–Crippen MR) is 130 cm³/mol. The minimum absolute atomic E-state index is 0.0167. The van der Waals surface area contributed by atoms with Gasteiger partial charge in [0.2, 0.25) is 0 Å². The number of amides is 1. The average molecular weight is 536 g/mol. The van der Waals surface area contributed by atoms with Crippen molar-refractivity contribution in [2.75, 3.05) is 20.3 Å². The minimum Gasteiger partial charge on any atom is -0.457 e. The van der Waals surface area contributed by atoms with Crippen LogP contribution in [0.15, 0.2) is 48.5 Å². The number of hydrogen-bond donors (Lipinski definition) is 7. The van der Waals surface area contributed by atoms with Crippen LogP contribution in [0.1, 0.15) is 28.4 Å². The van der Waals surface area contributed by atoms with Crippen LogP contribution in [0.2, 0.25) is 0 Å². The molecule has 0 bridgehead atoms. The molecular formula is C26H33NO11. The molecule has 2 aliphatic rings. The van der Waals surface area contributed by atoms with Crippen LogP contribution in [0.5, 0.6) is 11.5 Å². The Balaban J connectivity index is 1.55. The molecule has 2 aliphatic heterocycles. The van der Waals surface area contributed by atoms with Crippen LogP contribution in [0.4, 0.5) is 0 Å². The molecule has 9 unspecified atom stereocenters. The predicted octanol–water partition coefficient (Wildman–Crippen LogP) is -0.793. The van der Waals surface area contributed by atoms with Crippen molar-refractivity contribution in [2.45, 2.75) is 61.5 Å². The van der Waals surface area contributed by atoms with E-state index < -0.39 is 68.3 Å². The topological polar surface area (TPSA) is 187 Å². The summed E-state index contributed by atoms with van der Waals surface area (Å²) >= 11 is 0. The van der Waals surface area contributed by atoms with Gasteiger partial charge < -0.3 is 54.9 Å². The molecule has 12 nitrogen and oxygen atoms in total. The van der Waals surface area contributed by atoms with Gasteiger partial charge in [0.25, 0.3) is 5.91 Å². The maximum absolute atomic E-state index is 11.9. The van der Waals surface area contributed by atoms with E-state index in [2.05, 4.69) is 5.32 Å². The molecule has 2 aromatic rings. The largest absolute Gasteiger partial charge is 0.457 e. The number of ether oxygens (including phenoxy) is 4. The maximum Gasteiger partial charge on any atom is 0.251 e. The lowest BCUT2D eigenvalue weighted by molar-refractivity contribution is -0.327. The van der Waals surface area contributed by atoms with Gasteiger partial charge in [0.1, 0.15) is 48.1 Å². The van der Waals surface area contributed by atoms with E-state index in [0.29, 0.717) is 22.6 Å². The second kappa shape index (κ2) is 12.5. The van der Waals surface area contributed by atoms with Crippen molar-refractivity contribution in [3.63, 3.8) is 0 Å². The molecule has 2 fully saturated rings. The summed E-state index contributed by atoms with van der Waals surface area (Å²) in [5.74, 6) is 0.502. The first-order valence-electron chi connectivity index (χ1n) is 12.3. The van der Waals surface area contributed by atoms with E-state index >= 15 is 0 Å². The molecule has 0 aliphatic carbocycles. The van der Waals surface area contributed by atoms with Crippen molar-refractivity contribution in [1.29, 1.82) is 0 Å². The monoisotopic (exact) mass is 535 g/mol. The summed E-state index contributed by atoms with van der Waals surface area (Å²) < 4.78 is 22.9. The Bertz CT molecular complexity index is 1080. The third-order valence-electron chi connectivity index (χ3n) is 6.61. The molecule has 2 heterocycles. The van der Waals surface area contributed by atoms with Gasteiger partial charge in [-0.25, -0.2) is 0 Å². The van der Waals surface area contributed by atoms with Crippen molar-refractivity contribution in [3.8, 4) is 11.5 Å². The molecule has 4 rings (SSSR count). The van der Waals surface area contributed by atoms with Crippen molar-refractivity contribution >= 4 is 5.91 Å². The quantitative estimate of drug-likeness (QED) is 0.224. The van der Waals surface area contributed by atoms with Gasteiger partial charge in [-0.15, -0.1) is 0 Å². The first kappa shape index (κ1) is 28.4. The second-order valence-electron chi connectivity index (χ2n) is 9.24. The van der Waals surface area contributed by atoms with Gasteiger partial charge in [-0.05, 0) is 35.9 Å². The number of aliphatic hydroxyl groups excluding tert-OH is 6. The molecule has 0 aromatic heterocycles. The van der Waals surface area contributed by atoms with Crippen LogP contribution < -0.4 is 10.1 Å². The molecule has 0 saturated carbocycles. The summed E-state index contributed by atoms with van der Waals surface area (Å²) in [6.45, 7) is -1.02. The van der Waals surface area contributed by atoms with Gasteiger partial charge >= 0.3 is 0 Å². The third kappa shape index (κ3) is 6.15. The van der Waals surface area contributed by atoms with Crippen molar-refractivity contribution in [2.24, 2.45) is 0 Å². The van der Waals surface area contributed by atoms with Crippen molar-refractivity contribution in [3.05, 3.63) is 59.7 Å². The summed E-state index contributed by atoms with van der Waals surface area (Å²) in [5, 5.41) is 64.1. The summed E-state index contributed by atoms with van der Waals surface area (Å²) in [5.41, 5.74) is 0.849. The van der Waals surface area contributed by atoms with Crippen LogP contribution in [0.25, 0.3) is 0 Å². The molecule has 0 radical (unpaired) electrons. The molecule has 208 valence electrons. The Morgan fingerprint density at radius 2 is 1.66 bits per heavy atom. The molecule has 2 saturated heterocycles. The summed E-state index contributed by atoms with van der Waals surface area (Å²) in [6, 6.07) is 13.1. The van der Waals surface area contributed by atoms with E-state index in [0.717, 1.165) is 0 Å². The smallest absolute Gasteiger partial charge is 0.251 e. The molecule has 1 amide bonds. The van der Waals surface area contributed by atoms with Crippen LogP contribution in [0, 0.1) is 0 Å². The summed E-state index contributed by atoms with van der Waals surface area (Å²) in [7, 11) is 1.52. The van der Waals surface area contributed by atoms with Crippen LogP contribution >= 0.6 is 0 Å². The summed E-state index contributed by atoms with van der Waals surface area (Å²) in [6.07, 6.45) is -11.6. The highest BCUT2D eigenvalue weighted by Crippen LogP contribution is 2.37. The Labute approximate surface area is 219 Å². The lowest BCUT2D eigenvalue weighted by Crippen LogP contribution is -2.60. The molecule has 2 aromatic carbocycles. The zero-order chi connectivity index (χ0) is 27.4. The van der Waals surface area contributed by atoms with E-state index in [9.17, 15) is 35.4 Å². The first-order chi connectivity index (χ1) is 18.2. The van der Waals surface area contributed by atoms with Crippen molar-refractivity contribution < 1.29 is 54.4 Å². The number of hydrogen-bond acceptors (Lipinski definition) is 11. The van der Waals surface area contributed by atoms with E-state index in [4.69, 9.17) is 18.9 Å². The molecule has 9 atom stereocenters. The van der Waals surface area contributed by atoms with Gasteiger partial charge in [0, 0.05) is 19.0 Å².